The molecule has 0 saturated heterocycles. The number of H-pyrrole nitrogens is 1. The number of nitrogens with one attached hydrogen (secondary N) is 1. The Morgan fingerprint density at radius 2 is 1.87 bits per heavy atom. The third-order valence-electron chi connectivity index (χ3n) is 4.56. The molecule has 0 aliphatic rings. The highest BCUT2D eigenvalue weighted by atomic mass is 32.1. The molecule has 4 aromatic rings. The van der Waals surface area contributed by atoms with Crippen LogP contribution in [0.3, 0.4) is 0 Å². The van der Waals surface area contributed by atoms with E-state index >= 15 is 0 Å². The number of hydrogen-bond acceptors (Lipinski definition) is 8. The molecule has 0 amide bonds. The van der Waals surface area contributed by atoms with Gasteiger partial charge in [0.15, 0.2) is 5.82 Å². The highest BCUT2D eigenvalue weighted by Gasteiger charge is 2.21. The molecule has 0 aliphatic heterocycles. The molecular formula is C20H20N6O3S. The van der Waals surface area contributed by atoms with E-state index in [0.29, 0.717) is 28.3 Å². The van der Waals surface area contributed by atoms with E-state index in [1.165, 1.54) is 24.5 Å². The number of nitrogen functional groups attached to an aromatic ring is 1. The van der Waals surface area contributed by atoms with Crippen LogP contribution in [0.2, 0.25) is 0 Å². The van der Waals surface area contributed by atoms with Crippen molar-refractivity contribution in [3.8, 4) is 22.1 Å². The van der Waals surface area contributed by atoms with Crippen molar-refractivity contribution in [3.05, 3.63) is 62.8 Å². The quantitative estimate of drug-likeness (QED) is 0.469. The van der Waals surface area contributed by atoms with Gasteiger partial charge >= 0.3 is 5.69 Å². The zero-order valence-electron chi connectivity index (χ0n) is 16.7. The summed E-state index contributed by atoms with van der Waals surface area (Å²) in [7, 11) is 5.32. The van der Waals surface area contributed by atoms with Gasteiger partial charge in [-0.1, -0.05) is 12.1 Å². The zero-order chi connectivity index (χ0) is 21.4. The first-order valence-corrected chi connectivity index (χ1v) is 9.90. The number of ether oxygens (including phenoxy) is 1. The Bertz CT molecular complexity index is 1320. The summed E-state index contributed by atoms with van der Waals surface area (Å²) in [4.78, 5) is 32.4. The minimum absolute atomic E-state index is 0.125. The van der Waals surface area contributed by atoms with Crippen LogP contribution >= 0.6 is 11.3 Å². The van der Waals surface area contributed by atoms with Crippen LogP contribution in [-0.2, 0) is 6.54 Å². The molecule has 0 saturated carbocycles. The fourth-order valence-corrected chi connectivity index (χ4v) is 4.42. The SMILES string of the molecule is COc1ccc(-n2c(=O)[nH]c3sc(-c4ccc(N)cc4)c(CN(C)C)c3c2=O)nn1. The number of thiophene rings is 1. The second-order valence-corrected chi connectivity index (χ2v) is 8.00. The molecule has 0 fully saturated rings. The average molecular weight is 424 g/mol. The van der Waals surface area contributed by atoms with Gasteiger partial charge in [0.1, 0.15) is 4.83 Å². The van der Waals surface area contributed by atoms with E-state index in [1.54, 1.807) is 6.07 Å². The van der Waals surface area contributed by atoms with E-state index in [0.717, 1.165) is 20.6 Å². The van der Waals surface area contributed by atoms with Crippen LogP contribution in [0, 0.1) is 0 Å². The first-order valence-electron chi connectivity index (χ1n) is 9.08. The summed E-state index contributed by atoms with van der Waals surface area (Å²) in [6.07, 6.45) is 0. The number of aromatic amines is 1. The molecule has 0 bridgehead atoms. The molecule has 3 aromatic heterocycles. The summed E-state index contributed by atoms with van der Waals surface area (Å²) < 4.78 is 5.99. The molecule has 10 heteroatoms. The Labute approximate surface area is 175 Å². The van der Waals surface area contributed by atoms with Gasteiger partial charge < -0.3 is 15.4 Å². The van der Waals surface area contributed by atoms with Crippen molar-refractivity contribution in [2.45, 2.75) is 6.54 Å². The van der Waals surface area contributed by atoms with Gasteiger partial charge in [-0.25, -0.2) is 9.36 Å². The monoisotopic (exact) mass is 424 g/mol. The van der Waals surface area contributed by atoms with Crippen molar-refractivity contribution in [1.82, 2.24) is 24.6 Å². The lowest BCUT2D eigenvalue weighted by atomic mass is 10.1. The molecule has 30 heavy (non-hydrogen) atoms. The minimum atomic E-state index is -0.575. The highest BCUT2D eigenvalue weighted by molar-refractivity contribution is 7.22. The van der Waals surface area contributed by atoms with Gasteiger partial charge in [0.2, 0.25) is 5.88 Å². The van der Waals surface area contributed by atoms with Gasteiger partial charge in [0.05, 0.1) is 12.5 Å². The maximum atomic E-state index is 13.4. The molecule has 1 aromatic carbocycles. The van der Waals surface area contributed by atoms with Crippen LogP contribution in [0.5, 0.6) is 5.88 Å². The Balaban J connectivity index is 2.00. The van der Waals surface area contributed by atoms with Crippen LogP contribution in [-0.4, -0.2) is 45.9 Å². The number of aromatic nitrogens is 4. The van der Waals surface area contributed by atoms with Crippen molar-refractivity contribution in [2.24, 2.45) is 0 Å². The molecule has 0 aliphatic carbocycles. The lowest BCUT2D eigenvalue weighted by molar-refractivity contribution is 0.391. The Morgan fingerprint density at radius 1 is 1.13 bits per heavy atom. The maximum Gasteiger partial charge on any atom is 0.335 e. The largest absolute Gasteiger partial charge is 0.480 e. The summed E-state index contributed by atoms with van der Waals surface area (Å²) in [5.41, 5.74) is 7.22. The molecular weight excluding hydrogens is 404 g/mol. The van der Waals surface area contributed by atoms with Gasteiger partial charge in [0.25, 0.3) is 5.56 Å². The number of methoxy groups -OCH3 is 1. The lowest BCUT2D eigenvalue weighted by Gasteiger charge is -2.11. The Hall–Kier alpha value is -3.50. The molecule has 4 rings (SSSR count). The van der Waals surface area contributed by atoms with Gasteiger partial charge in [-0.3, -0.25) is 9.78 Å². The summed E-state index contributed by atoms with van der Waals surface area (Å²) in [5, 5.41) is 8.28. The van der Waals surface area contributed by atoms with Crippen molar-refractivity contribution in [3.63, 3.8) is 0 Å². The maximum absolute atomic E-state index is 13.4. The van der Waals surface area contributed by atoms with E-state index in [9.17, 15) is 9.59 Å². The smallest absolute Gasteiger partial charge is 0.335 e. The predicted octanol–water partition coefficient (Wildman–Crippen LogP) is 1.85. The standard InChI is InChI=1S/C20H20N6O3S/c1-25(2)10-13-16-18(30-17(13)11-4-6-12(21)7-5-11)22-20(28)26(19(16)27)14-8-9-15(29-3)24-23-14/h4-9H,10,21H2,1-3H3,(H,22,28). The average Bonchev–Trinajstić information content (AvgIpc) is 3.06. The van der Waals surface area contributed by atoms with E-state index in [2.05, 4.69) is 15.2 Å². The third kappa shape index (κ3) is 3.46. The predicted molar refractivity (Wildman–Crippen MR) is 117 cm³/mol. The van der Waals surface area contributed by atoms with Crippen LogP contribution in [0.1, 0.15) is 5.56 Å². The second kappa shape index (κ2) is 7.73. The molecule has 0 atom stereocenters. The fourth-order valence-electron chi connectivity index (χ4n) is 3.22. The normalized spacial score (nSPS) is 11.3. The molecule has 154 valence electrons. The number of nitrogens with two attached hydrogens (primary N) is 1. The van der Waals surface area contributed by atoms with E-state index in [4.69, 9.17) is 10.5 Å². The number of nitrogens with zero attached hydrogens (tertiary/aromatic N) is 4. The van der Waals surface area contributed by atoms with Crippen molar-refractivity contribution >= 4 is 27.2 Å². The zero-order valence-corrected chi connectivity index (χ0v) is 17.5. The molecule has 0 radical (unpaired) electrons. The Kier molecular flexibility index (Phi) is 5.10. The van der Waals surface area contributed by atoms with Crippen LogP contribution in [0.25, 0.3) is 26.5 Å². The number of hydrogen-bond donors (Lipinski definition) is 2. The number of fused-ring (bicyclic) bond motifs is 1. The van der Waals surface area contributed by atoms with Crippen LogP contribution in [0.15, 0.2) is 46.0 Å². The molecule has 0 spiro atoms. The van der Waals surface area contributed by atoms with Crippen molar-refractivity contribution < 1.29 is 4.74 Å². The first kappa shape index (κ1) is 19.8. The first-order chi connectivity index (χ1) is 14.4. The van der Waals surface area contributed by atoms with Gasteiger partial charge in [-0.2, -0.15) is 0 Å². The van der Waals surface area contributed by atoms with Crippen molar-refractivity contribution in [2.75, 3.05) is 26.9 Å². The van der Waals surface area contributed by atoms with Gasteiger partial charge in [-0.05, 0) is 43.4 Å². The number of anilines is 1. The summed E-state index contributed by atoms with van der Waals surface area (Å²) >= 11 is 1.37. The number of benzene rings is 1. The highest BCUT2D eigenvalue weighted by Crippen LogP contribution is 2.37. The third-order valence-corrected chi connectivity index (χ3v) is 5.76. The topological polar surface area (TPSA) is 119 Å². The van der Waals surface area contributed by atoms with E-state index in [-0.39, 0.29) is 5.82 Å². The van der Waals surface area contributed by atoms with Crippen molar-refractivity contribution in [1.29, 1.82) is 0 Å². The molecule has 0 unspecified atom stereocenters. The van der Waals surface area contributed by atoms with Gasteiger partial charge in [0, 0.05) is 23.2 Å². The Morgan fingerprint density at radius 3 is 2.47 bits per heavy atom. The molecule has 9 nitrogen and oxygen atoms in total. The van der Waals surface area contributed by atoms with E-state index in [1.807, 2.05) is 43.3 Å². The fraction of sp³-hybridized carbons (Fsp3) is 0.200. The molecule has 3 heterocycles. The van der Waals surface area contributed by atoms with Gasteiger partial charge in [-0.15, -0.1) is 21.5 Å². The van der Waals surface area contributed by atoms with Crippen LogP contribution < -0.4 is 21.7 Å². The summed E-state index contributed by atoms with van der Waals surface area (Å²) in [6, 6.07) is 10.5. The van der Waals surface area contributed by atoms with E-state index < -0.39 is 11.2 Å². The summed E-state index contributed by atoms with van der Waals surface area (Å²) in [5.74, 6) is 0.416. The summed E-state index contributed by atoms with van der Waals surface area (Å²) in [6.45, 7) is 0.523. The van der Waals surface area contributed by atoms with Crippen LogP contribution in [0.4, 0.5) is 5.69 Å². The molecule has 3 N–H and O–H groups in total. The minimum Gasteiger partial charge on any atom is -0.480 e. The lowest BCUT2D eigenvalue weighted by Crippen LogP contribution is -2.34. The number of rotatable bonds is 5. The second-order valence-electron chi connectivity index (χ2n) is 6.98.